The predicted octanol–water partition coefficient (Wildman–Crippen LogP) is 6.61. The van der Waals surface area contributed by atoms with Crippen molar-refractivity contribution in [3.63, 3.8) is 0 Å². The fourth-order valence-corrected chi connectivity index (χ4v) is 11.1. The molecule has 9 atom stereocenters. The summed E-state index contributed by atoms with van der Waals surface area (Å²) in [6, 6.07) is 0. The molecule has 0 spiro atoms. The topological polar surface area (TPSA) is 54.4 Å². The predicted molar refractivity (Wildman–Crippen MR) is 132 cm³/mol. The first kappa shape index (κ1) is 24.0. The van der Waals surface area contributed by atoms with E-state index < -0.39 is 0 Å². The summed E-state index contributed by atoms with van der Waals surface area (Å²) >= 11 is 0. The monoisotopic (exact) mass is 456 g/mol. The van der Waals surface area contributed by atoms with Crippen molar-refractivity contribution >= 4 is 11.6 Å². The molecule has 5 saturated carbocycles. The van der Waals surface area contributed by atoms with E-state index in [4.69, 9.17) is 0 Å². The summed E-state index contributed by atoms with van der Waals surface area (Å²) in [5, 5.41) is 10.7. The number of Topliss-reactive ketones (excluding diaryl/α,β-unsaturated/α-hetero) is 2. The minimum atomic E-state index is -0.182. The van der Waals surface area contributed by atoms with E-state index in [0.717, 1.165) is 38.5 Å². The standard InChI is InChI=1S/C30H48O3/c1-19-20(32)16-21(33)24-26(19,4)9-8-22-27(24,5)11-12-29(7)23-17-25(2,3)10-14-30(23,18-31)15-13-28(22,29)6/h19,22-24,31H,8-18H2,1-7H3/t19-,22-,23-,24+,26+,27+,28+,29-,30+/m0/s1. The van der Waals surface area contributed by atoms with E-state index in [1.54, 1.807) is 0 Å². The highest BCUT2D eigenvalue weighted by atomic mass is 16.3. The zero-order chi connectivity index (χ0) is 24.2. The van der Waals surface area contributed by atoms with E-state index in [1.807, 2.05) is 0 Å². The molecule has 0 saturated heterocycles. The molecule has 0 heterocycles. The smallest absolute Gasteiger partial charge is 0.144 e. The van der Waals surface area contributed by atoms with E-state index >= 15 is 0 Å². The van der Waals surface area contributed by atoms with Gasteiger partial charge in [0.15, 0.2) is 0 Å². The molecule has 5 fully saturated rings. The van der Waals surface area contributed by atoms with Gasteiger partial charge in [0, 0.05) is 18.4 Å². The van der Waals surface area contributed by atoms with Crippen molar-refractivity contribution in [3.8, 4) is 0 Å². The number of rotatable bonds is 1. The van der Waals surface area contributed by atoms with Gasteiger partial charge >= 0.3 is 0 Å². The second kappa shape index (κ2) is 6.95. The summed E-state index contributed by atoms with van der Waals surface area (Å²) in [5.74, 6) is 1.49. The fraction of sp³-hybridized carbons (Fsp3) is 0.933. The van der Waals surface area contributed by atoms with Crippen LogP contribution >= 0.6 is 0 Å². The third-order valence-electron chi connectivity index (χ3n) is 13.5. The van der Waals surface area contributed by atoms with Gasteiger partial charge in [-0.15, -0.1) is 0 Å². The van der Waals surface area contributed by atoms with Gasteiger partial charge in [-0.25, -0.2) is 0 Å². The first-order valence-corrected chi connectivity index (χ1v) is 13.9. The highest BCUT2D eigenvalue weighted by Gasteiger charge is 2.72. The summed E-state index contributed by atoms with van der Waals surface area (Å²) in [6.07, 6.45) is 10.5. The van der Waals surface area contributed by atoms with E-state index in [9.17, 15) is 14.7 Å². The van der Waals surface area contributed by atoms with Gasteiger partial charge in [0.1, 0.15) is 11.6 Å². The summed E-state index contributed by atoms with van der Waals surface area (Å²) in [6.45, 7) is 17.1. The zero-order valence-corrected chi connectivity index (χ0v) is 22.4. The molecule has 186 valence electrons. The SMILES string of the molecule is C[C@H]1C(=O)CC(=O)[C@@H]2[C@]1(C)CC[C@H]1[C@@]2(C)CC[C@@]2(C)[C@@H]3CC(C)(C)CC[C@]3(CO)CC[C@]12C. The average Bonchev–Trinajstić information content (AvgIpc) is 2.73. The van der Waals surface area contributed by atoms with Crippen LogP contribution in [0.25, 0.3) is 0 Å². The molecule has 33 heavy (non-hydrogen) atoms. The Morgan fingerprint density at radius 1 is 0.758 bits per heavy atom. The summed E-state index contributed by atoms with van der Waals surface area (Å²) < 4.78 is 0. The molecule has 3 nitrogen and oxygen atoms in total. The Bertz CT molecular complexity index is 876. The van der Waals surface area contributed by atoms with Gasteiger partial charge in [-0.05, 0) is 102 Å². The normalized spacial score (nSPS) is 55.8. The minimum absolute atomic E-state index is 0.00775. The number of aliphatic hydroxyl groups is 1. The van der Waals surface area contributed by atoms with E-state index in [1.165, 1.54) is 19.3 Å². The molecule has 0 aliphatic heterocycles. The molecular formula is C30H48O3. The van der Waals surface area contributed by atoms with Crippen LogP contribution in [-0.4, -0.2) is 23.3 Å². The molecule has 0 unspecified atom stereocenters. The van der Waals surface area contributed by atoms with Gasteiger partial charge in [-0.2, -0.15) is 0 Å². The van der Waals surface area contributed by atoms with Crippen molar-refractivity contribution in [2.75, 3.05) is 6.61 Å². The Morgan fingerprint density at radius 2 is 1.36 bits per heavy atom. The number of carbonyl (C=O) groups is 2. The van der Waals surface area contributed by atoms with Crippen molar-refractivity contribution < 1.29 is 14.7 Å². The minimum Gasteiger partial charge on any atom is -0.396 e. The lowest BCUT2D eigenvalue weighted by atomic mass is 9.30. The lowest BCUT2D eigenvalue weighted by molar-refractivity contribution is -0.259. The first-order valence-electron chi connectivity index (χ1n) is 13.9. The van der Waals surface area contributed by atoms with Crippen LogP contribution in [0.2, 0.25) is 0 Å². The highest BCUT2D eigenvalue weighted by Crippen LogP contribution is 2.78. The number of hydrogen-bond acceptors (Lipinski definition) is 3. The molecule has 5 aliphatic carbocycles. The summed E-state index contributed by atoms with van der Waals surface area (Å²) in [7, 11) is 0. The Morgan fingerprint density at radius 3 is 2.03 bits per heavy atom. The average molecular weight is 457 g/mol. The third-order valence-corrected chi connectivity index (χ3v) is 13.5. The van der Waals surface area contributed by atoms with Gasteiger partial charge in [0.05, 0.1) is 6.42 Å². The van der Waals surface area contributed by atoms with Crippen LogP contribution in [0.3, 0.4) is 0 Å². The van der Waals surface area contributed by atoms with Crippen LogP contribution in [0.4, 0.5) is 0 Å². The Balaban J connectivity index is 1.58. The molecule has 5 aliphatic rings. The van der Waals surface area contributed by atoms with Gasteiger partial charge in [-0.1, -0.05) is 48.5 Å². The van der Waals surface area contributed by atoms with Gasteiger partial charge in [0.25, 0.3) is 0 Å². The van der Waals surface area contributed by atoms with E-state index in [2.05, 4.69) is 48.5 Å². The summed E-state index contributed by atoms with van der Waals surface area (Å²) in [4.78, 5) is 26.3. The number of fused-ring (bicyclic) bond motifs is 7. The maximum absolute atomic E-state index is 13.6. The number of carbonyl (C=O) groups excluding carboxylic acids is 2. The van der Waals surface area contributed by atoms with Crippen molar-refractivity contribution in [2.24, 2.45) is 56.2 Å². The summed E-state index contributed by atoms with van der Waals surface area (Å²) in [5.41, 5.74) is 0.606. The lowest BCUT2D eigenvalue weighted by Crippen LogP contribution is -2.69. The molecule has 0 radical (unpaired) electrons. The second-order valence-electron chi connectivity index (χ2n) is 15.1. The van der Waals surface area contributed by atoms with Crippen LogP contribution in [0.1, 0.15) is 113 Å². The maximum atomic E-state index is 13.6. The van der Waals surface area contributed by atoms with Crippen LogP contribution in [0.5, 0.6) is 0 Å². The van der Waals surface area contributed by atoms with Crippen LogP contribution in [0.15, 0.2) is 0 Å². The maximum Gasteiger partial charge on any atom is 0.144 e. The molecule has 5 rings (SSSR count). The largest absolute Gasteiger partial charge is 0.396 e. The van der Waals surface area contributed by atoms with Gasteiger partial charge in [0.2, 0.25) is 0 Å². The van der Waals surface area contributed by atoms with Crippen molar-refractivity contribution in [2.45, 2.75) is 113 Å². The van der Waals surface area contributed by atoms with E-state index in [-0.39, 0.29) is 56.9 Å². The number of ketones is 2. The molecule has 0 aromatic rings. The van der Waals surface area contributed by atoms with Crippen LogP contribution < -0.4 is 0 Å². The van der Waals surface area contributed by atoms with Gasteiger partial charge in [-0.3, -0.25) is 9.59 Å². The zero-order valence-electron chi connectivity index (χ0n) is 22.4. The Hall–Kier alpha value is -0.700. The Labute approximate surface area is 201 Å². The first-order chi connectivity index (χ1) is 15.2. The quantitative estimate of drug-likeness (QED) is 0.452. The molecule has 0 amide bonds. The van der Waals surface area contributed by atoms with Crippen LogP contribution in [0, 0.1) is 56.2 Å². The molecule has 0 aromatic heterocycles. The fourth-order valence-electron chi connectivity index (χ4n) is 11.1. The molecule has 3 heteroatoms. The highest BCUT2D eigenvalue weighted by molar-refractivity contribution is 6.04. The molecule has 0 bridgehead atoms. The Kier molecular flexibility index (Phi) is 5.06. The van der Waals surface area contributed by atoms with Crippen LogP contribution in [-0.2, 0) is 9.59 Å². The molecule has 1 N–H and O–H groups in total. The second-order valence-corrected chi connectivity index (χ2v) is 15.1. The van der Waals surface area contributed by atoms with Crippen molar-refractivity contribution in [3.05, 3.63) is 0 Å². The molecule has 0 aromatic carbocycles. The number of aliphatic hydroxyl groups excluding tert-OH is 1. The van der Waals surface area contributed by atoms with Gasteiger partial charge < -0.3 is 5.11 Å². The van der Waals surface area contributed by atoms with E-state index in [0.29, 0.717) is 23.9 Å². The van der Waals surface area contributed by atoms with Crippen molar-refractivity contribution in [1.82, 2.24) is 0 Å². The number of hydrogen-bond donors (Lipinski definition) is 1. The van der Waals surface area contributed by atoms with Crippen molar-refractivity contribution in [1.29, 1.82) is 0 Å². The molecular weight excluding hydrogens is 408 g/mol. The third kappa shape index (κ3) is 2.84. The lowest BCUT2D eigenvalue weighted by Gasteiger charge is -2.74.